The normalized spacial score (nSPS) is 19.7. The number of hydrogen-bond donors (Lipinski definition) is 1. The molecule has 0 radical (unpaired) electrons. The molecular weight excluding hydrogens is 405 g/mol. The summed E-state index contributed by atoms with van der Waals surface area (Å²) in [5.41, 5.74) is 6.02. The average molecular weight is 425 g/mol. The Kier molecular flexibility index (Phi) is 5.83. The van der Waals surface area contributed by atoms with Crippen molar-refractivity contribution >= 4 is 15.7 Å². The van der Waals surface area contributed by atoms with Gasteiger partial charge in [0.2, 0.25) is 0 Å². The molecule has 0 amide bonds. The summed E-state index contributed by atoms with van der Waals surface area (Å²) in [7, 11) is -4.75. The Morgan fingerprint density at radius 1 is 1.03 bits per heavy atom. The van der Waals surface area contributed by atoms with Crippen LogP contribution in [-0.4, -0.2) is 33.4 Å². The minimum absolute atomic E-state index is 0.128. The van der Waals surface area contributed by atoms with E-state index >= 15 is 0 Å². The number of hydrogen-bond acceptors (Lipinski definition) is 4. The van der Waals surface area contributed by atoms with Crippen LogP contribution in [0, 0.1) is 0 Å². The fourth-order valence-corrected chi connectivity index (χ4v) is 5.15. The number of rotatable bonds is 6. The number of para-hydroxylation sites is 1. The molecule has 0 saturated heterocycles. The second kappa shape index (κ2) is 8.02. The summed E-state index contributed by atoms with van der Waals surface area (Å²) < 4.78 is 70.1. The molecule has 2 N–H and O–H groups in total. The fraction of sp³-hybridized carbons (Fsp3) is 0.200. The lowest BCUT2D eigenvalue weighted by molar-refractivity contribution is -0.106. The molecule has 2 aromatic carbocycles. The Labute approximate surface area is 167 Å². The molecule has 2 aromatic rings. The summed E-state index contributed by atoms with van der Waals surface area (Å²) in [6.07, 6.45) is -0.338. The van der Waals surface area contributed by atoms with E-state index in [4.69, 9.17) is 10.5 Å². The number of nitrogens with two attached hydrogens (primary N) is 1. The van der Waals surface area contributed by atoms with E-state index in [0.29, 0.717) is 11.5 Å². The molecule has 1 aliphatic heterocycles. The van der Waals surface area contributed by atoms with Gasteiger partial charge in [-0.05, 0) is 30.4 Å². The number of allylic oxidation sites excluding steroid dienone is 2. The Hall–Kier alpha value is -2.62. The first-order valence-corrected chi connectivity index (χ1v) is 10.4. The third-order valence-corrected chi connectivity index (χ3v) is 6.73. The molecule has 1 atom stereocenters. The predicted octanol–water partition coefficient (Wildman–Crippen LogP) is 4.09. The molecule has 154 valence electrons. The molecule has 1 heterocycles. The lowest BCUT2D eigenvalue weighted by Gasteiger charge is -2.38. The number of benzene rings is 2. The van der Waals surface area contributed by atoms with Crippen LogP contribution in [0.5, 0.6) is 11.5 Å². The standard InChI is InChI=1S/C20H20F3N2O3S/c21-20(22,23)15-29(26,27)25(12-5-4-7-17(25)14-24)16-8-6-11-19(13-16)28-18-9-2-1-3-10-18/h1-11,13H,12,14-15,24H2/q+1. The fourth-order valence-electron chi connectivity index (χ4n) is 3.28. The first-order valence-electron chi connectivity index (χ1n) is 8.75. The van der Waals surface area contributed by atoms with Crippen molar-refractivity contribution in [3.63, 3.8) is 0 Å². The largest absolute Gasteiger partial charge is 0.457 e. The number of ether oxygens (including phenoxy) is 1. The molecule has 0 aliphatic carbocycles. The zero-order valence-corrected chi connectivity index (χ0v) is 16.2. The molecule has 0 bridgehead atoms. The minimum Gasteiger partial charge on any atom is -0.457 e. The summed E-state index contributed by atoms with van der Waals surface area (Å²) in [5, 5.41) is 0. The highest BCUT2D eigenvalue weighted by Gasteiger charge is 2.52. The van der Waals surface area contributed by atoms with Gasteiger partial charge >= 0.3 is 16.2 Å². The maximum absolute atomic E-state index is 13.1. The van der Waals surface area contributed by atoms with Gasteiger partial charge in [0.25, 0.3) is 0 Å². The van der Waals surface area contributed by atoms with E-state index < -0.39 is 25.8 Å². The maximum atomic E-state index is 13.1. The molecular formula is C20H20F3N2O3S+. The van der Waals surface area contributed by atoms with Crippen LogP contribution in [0.4, 0.5) is 18.9 Å². The van der Waals surface area contributed by atoms with Crippen molar-refractivity contribution in [1.82, 2.24) is 3.89 Å². The van der Waals surface area contributed by atoms with Crippen molar-refractivity contribution in [2.45, 2.75) is 6.18 Å². The first-order chi connectivity index (χ1) is 13.7. The maximum Gasteiger partial charge on any atom is 0.408 e. The average Bonchev–Trinajstić information content (AvgIpc) is 2.67. The van der Waals surface area contributed by atoms with Crippen molar-refractivity contribution in [3.8, 4) is 11.5 Å². The minimum atomic E-state index is -4.89. The molecule has 0 aromatic heterocycles. The second-order valence-corrected chi connectivity index (χ2v) is 8.54. The van der Waals surface area contributed by atoms with Gasteiger partial charge < -0.3 is 10.5 Å². The van der Waals surface area contributed by atoms with Crippen molar-refractivity contribution in [2.24, 2.45) is 5.73 Å². The molecule has 5 nitrogen and oxygen atoms in total. The lowest BCUT2D eigenvalue weighted by Crippen LogP contribution is -2.58. The zero-order chi connectivity index (χ0) is 21.1. The van der Waals surface area contributed by atoms with Crippen LogP contribution in [-0.2, 0) is 10.0 Å². The van der Waals surface area contributed by atoms with Gasteiger partial charge in [-0.1, -0.05) is 30.3 Å². The molecule has 3 rings (SSSR count). The Bertz CT molecular complexity index is 1030. The van der Waals surface area contributed by atoms with Gasteiger partial charge in [0.15, 0.2) is 11.4 Å². The third kappa shape index (κ3) is 4.36. The van der Waals surface area contributed by atoms with E-state index in [9.17, 15) is 21.6 Å². The topological polar surface area (TPSA) is 69.4 Å². The smallest absolute Gasteiger partial charge is 0.408 e. The van der Waals surface area contributed by atoms with Gasteiger partial charge in [0.1, 0.15) is 23.7 Å². The summed E-state index contributed by atoms with van der Waals surface area (Å²) in [4.78, 5) is 0. The van der Waals surface area contributed by atoms with Crippen LogP contribution in [0.1, 0.15) is 0 Å². The predicted molar refractivity (Wildman–Crippen MR) is 106 cm³/mol. The van der Waals surface area contributed by atoms with Crippen molar-refractivity contribution in [3.05, 3.63) is 78.5 Å². The Balaban J connectivity index is 2.12. The highest BCUT2D eigenvalue weighted by Crippen LogP contribution is 2.39. The van der Waals surface area contributed by atoms with Gasteiger partial charge in [-0.25, -0.2) is 0 Å². The van der Waals surface area contributed by atoms with Gasteiger partial charge in [-0.15, -0.1) is 0 Å². The van der Waals surface area contributed by atoms with Gasteiger partial charge in [-0.2, -0.15) is 25.5 Å². The number of halogens is 3. The van der Waals surface area contributed by atoms with Crippen molar-refractivity contribution in [1.29, 1.82) is 0 Å². The summed E-state index contributed by atoms with van der Waals surface area (Å²) >= 11 is 0. The molecule has 9 heteroatoms. The van der Waals surface area contributed by atoms with Crippen LogP contribution in [0.15, 0.2) is 78.5 Å². The highest BCUT2D eigenvalue weighted by molar-refractivity contribution is 7.91. The Morgan fingerprint density at radius 2 is 1.72 bits per heavy atom. The van der Waals surface area contributed by atoms with Gasteiger partial charge in [0.05, 0.1) is 6.54 Å². The third-order valence-electron chi connectivity index (χ3n) is 4.49. The molecule has 0 fully saturated rings. The SMILES string of the molecule is NCC1=CC=CC[N+]1(c1cccc(Oc2ccccc2)c1)S(=O)(=O)CC(F)(F)F. The molecule has 0 spiro atoms. The van der Waals surface area contributed by atoms with E-state index in [-0.39, 0.29) is 24.5 Å². The van der Waals surface area contributed by atoms with Gasteiger partial charge in [-0.3, -0.25) is 0 Å². The number of alkyl halides is 3. The van der Waals surface area contributed by atoms with Crippen molar-refractivity contribution in [2.75, 3.05) is 18.8 Å². The molecule has 0 saturated carbocycles. The second-order valence-electron chi connectivity index (χ2n) is 6.47. The van der Waals surface area contributed by atoms with Crippen LogP contribution in [0.25, 0.3) is 0 Å². The van der Waals surface area contributed by atoms with Crippen LogP contribution < -0.4 is 14.4 Å². The zero-order valence-electron chi connectivity index (χ0n) is 15.3. The summed E-state index contributed by atoms with van der Waals surface area (Å²) in [6.45, 7) is -0.415. The van der Waals surface area contributed by atoms with E-state index in [1.54, 1.807) is 42.5 Å². The van der Waals surface area contributed by atoms with Crippen LogP contribution in [0.2, 0.25) is 0 Å². The first kappa shape index (κ1) is 21.1. The monoisotopic (exact) mass is 425 g/mol. The van der Waals surface area contributed by atoms with Gasteiger partial charge in [0, 0.05) is 12.1 Å². The number of nitrogens with zero attached hydrogens (tertiary/aromatic N) is 1. The molecule has 1 unspecified atom stereocenters. The molecule has 1 aliphatic rings. The number of sulfonamides is 1. The van der Waals surface area contributed by atoms with E-state index in [1.807, 2.05) is 6.07 Å². The highest BCUT2D eigenvalue weighted by atomic mass is 32.2. The number of quaternary nitrogens is 1. The summed E-state index contributed by atoms with van der Waals surface area (Å²) in [5.74, 6) is -1.14. The van der Waals surface area contributed by atoms with E-state index in [0.717, 1.165) is 0 Å². The molecule has 29 heavy (non-hydrogen) atoms. The lowest BCUT2D eigenvalue weighted by atomic mass is 10.2. The van der Waals surface area contributed by atoms with Crippen molar-refractivity contribution < 1.29 is 26.3 Å². The van der Waals surface area contributed by atoms with Crippen LogP contribution in [0.3, 0.4) is 0 Å². The summed E-state index contributed by atoms with van der Waals surface area (Å²) in [6, 6.07) is 14.8. The quantitative estimate of drug-likeness (QED) is 0.708. The van der Waals surface area contributed by atoms with E-state index in [1.165, 1.54) is 24.3 Å². The van der Waals surface area contributed by atoms with Crippen LogP contribution >= 0.6 is 0 Å². The Morgan fingerprint density at radius 3 is 2.38 bits per heavy atom. The van der Waals surface area contributed by atoms with E-state index in [2.05, 4.69) is 0 Å².